The Labute approximate surface area is 156 Å². The molecule has 0 fully saturated rings. The van der Waals surface area contributed by atoms with Gasteiger partial charge in [-0.2, -0.15) is 0 Å². The maximum absolute atomic E-state index is 12.6. The summed E-state index contributed by atoms with van der Waals surface area (Å²) in [5, 5.41) is 2.76. The molecule has 1 aliphatic heterocycles. The van der Waals surface area contributed by atoms with Crippen LogP contribution < -0.4 is 15.0 Å². The van der Waals surface area contributed by atoms with Crippen LogP contribution in [0.1, 0.15) is 22.8 Å². The molecule has 1 heterocycles. The van der Waals surface area contributed by atoms with Gasteiger partial charge in [-0.1, -0.05) is 18.2 Å². The maximum Gasteiger partial charge on any atom is 0.338 e. The van der Waals surface area contributed by atoms with E-state index in [9.17, 15) is 14.4 Å². The fourth-order valence-electron chi connectivity index (χ4n) is 2.96. The summed E-state index contributed by atoms with van der Waals surface area (Å²) >= 11 is 0. The van der Waals surface area contributed by atoms with Crippen molar-refractivity contribution >= 4 is 29.2 Å². The highest BCUT2D eigenvalue weighted by atomic mass is 16.5. The molecule has 0 saturated heterocycles. The van der Waals surface area contributed by atoms with Gasteiger partial charge in [-0.05, 0) is 43.7 Å². The molecule has 2 aromatic carbocycles. The molecule has 2 amide bonds. The van der Waals surface area contributed by atoms with Crippen molar-refractivity contribution in [3.63, 3.8) is 0 Å². The number of ether oxygens (including phenoxy) is 2. The number of fused-ring (bicyclic) bond motifs is 1. The van der Waals surface area contributed by atoms with Crippen molar-refractivity contribution < 1.29 is 23.9 Å². The Hall–Kier alpha value is -3.35. The topological polar surface area (TPSA) is 84.9 Å². The lowest BCUT2D eigenvalue weighted by Gasteiger charge is -2.32. The molecule has 0 aromatic heterocycles. The minimum absolute atomic E-state index is 0.161. The van der Waals surface area contributed by atoms with Crippen LogP contribution >= 0.6 is 0 Å². The van der Waals surface area contributed by atoms with E-state index in [4.69, 9.17) is 9.47 Å². The number of benzene rings is 2. The Morgan fingerprint density at radius 3 is 2.67 bits per heavy atom. The summed E-state index contributed by atoms with van der Waals surface area (Å²) in [6, 6.07) is 12.0. The molecule has 1 atom stereocenters. The number of hydrogen-bond acceptors (Lipinski definition) is 5. The summed E-state index contributed by atoms with van der Waals surface area (Å²) in [6.45, 7) is 3.21. The molecule has 0 unspecified atom stereocenters. The molecule has 0 saturated carbocycles. The van der Waals surface area contributed by atoms with Crippen LogP contribution in [0.2, 0.25) is 0 Å². The molecular formula is C20H20N2O5. The summed E-state index contributed by atoms with van der Waals surface area (Å²) < 4.78 is 10.3. The van der Waals surface area contributed by atoms with Crippen molar-refractivity contribution in [2.75, 3.05) is 23.9 Å². The van der Waals surface area contributed by atoms with Crippen LogP contribution in [-0.4, -0.2) is 37.5 Å². The highest BCUT2D eigenvalue weighted by molar-refractivity contribution is 6.06. The number of methoxy groups -OCH3 is 1. The van der Waals surface area contributed by atoms with E-state index in [0.717, 1.165) is 0 Å². The lowest BCUT2D eigenvalue weighted by atomic mass is 10.1. The third-order valence-electron chi connectivity index (χ3n) is 4.39. The van der Waals surface area contributed by atoms with Gasteiger partial charge >= 0.3 is 5.97 Å². The molecule has 7 nitrogen and oxygen atoms in total. The number of hydrogen-bond donors (Lipinski definition) is 1. The average Bonchev–Trinajstić information content (AvgIpc) is 2.66. The quantitative estimate of drug-likeness (QED) is 0.839. The Balaban J connectivity index is 1.81. The Morgan fingerprint density at radius 1 is 1.19 bits per heavy atom. The largest absolute Gasteiger partial charge is 0.479 e. The number of carbonyl (C=O) groups is 3. The fraction of sp³-hybridized carbons (Fsp3) is 0.250. The van der Waals surface area contributed by atoms with E-state index in [2.05, 4.69) is 5.32 Å². The molecule has 1 N–H and O–H groups in total. The number of rotatable bonds is 4. The number of nitrogens with one attached hydrogen (secondary N) is 1. The average molecular weight is 368 g/mol. The van der Waals surface area contributed by atoms with Crippen molar-refractivity contribution in [3.05, 3.63) is 53.6 Å². The van der Waals surface area contributed by atoms with Crippen LogP contribution in [0.5, 0.6) is 5.75 Å². The summed E-state index contributed by atoms with van der Waals surface area (Å²) in [5.41, 5.74) is 2.01. The van der Waals surface area contributed by atoms with Crippen molar-refractivity contribution in [2.24, 2.45) is 0 Å². The van der Waals surface area contributed by atoms with E-state index in [1.54, 1.807) is 56.3 Å². The van der Waals surface area contributed by atoms with Crippen LogP contribution in [0.3, 0.4) is 0 Å². The van der Waals surface area contributed by atoms with Crippen LogP contribution in [0.25, 0.3) is 0 Å². The lowest BCUT2D eigenvalue weighted by molar-refractivity contribution is -0.127. The minimum atomic E-state index is -0.669. The number of anilines is 2. The zero-order valence-electron chi connectivity index (χ0n) is 15.3. The summed E-state index contributed by atoms with van der Waals surface area (Å²) in [6.07, 6.45) is -0.669. The number of amides is 2. The summed E-state index contributed by atoms with van der Waals surface area (Å²) in [7, 11) is 1.30. The molecule has 0 bridgehead atoms. The van der Waals surface area contributed by atoms with Crippen molar-refractivity contribution in [1.82, 2.24) is 0 Å². The van der Waals surface area contributed by atoms with Crippen LogP contribution in [-0.2, 0) is 14.3 Å². The zero-order chi connectivity index (χ0) is 19.6. The maximum atomic E-state index is 12.6. The van der Waals surface area contributed by atoms with Gasteiger partial charge in [0.25, 0.3) is 5.91 Å². The fourth-order valence-corrected chi connectivity index (χ4v) is 2.96. The number of esters is 1. The molecule has 0 aliphatic carbocycles. The van der Waals surface area contributed by atoms with Crippen molar-refractivity contribution in [1.29, 1.82) is 0 Å². The van der Waals surface area contributed by atoms with E-state index < -0.39 is 12.1 Å². The third-order valence-corrected chi connectivity index (χ3v) is 4.39. The predicted octanol–water partition coefficient (Wildman–Crippen LogP) is 2.53. The molecule has 3 rings (SSSR count). The highest BCUT2D eigenvalue weighted by Crippen LogP contribution is 2.33. The van der Waals surface area contributed by atoms with E-state index in [0.29, 0.717) is 28.3 Å². The molecular weight excluding hydrogens is 348 g/mol. The Kier molecular flexibility index (Phi) is 5.12. The van der Waals surface area contributed by atoms with Gasteiger partial charge in [-0.3, -0.25) is 14.5 Å². The van der Waals surface area contributed by atoms with E-state index in [-0.39, 0.29) is 18.4 Å². The predicted molar refractivity (Wildman–Crippen MR) is 100 cm³/mol. The molecule has 140 valence electrons. The van der Waals surface area contributed by atoms with Gasteiger partial charge in [0, 0.05) is 5.69 Å². The van der Waals surface area contributed by atoms with Gasteiger partial charge in [0.15, 0.2) is 6.10 Å². The normalized spacial score (nSPS) is 15.6. The van der Waals surface area contributed by atoms with Crippen LogP contribution in [0.4, 0.5) is 11.4 Å². The summed E-state index contributed by atoms with van der Waals surface area (Å²) in [4.78, 5) is 38.3. The lowest BCUT2D eigenvalue weighted by Crippen LogP contribution is -2.47. The number of para-hydroxylation sites is 2. The van der Waals surface area contributed by atoms with Crippen molar-refractivity contribution in [3.8, 4) is 5.75 Å². The molecule has 27 heavy (non-hydrogen) atoms. The highest BCUT2D eigenvalue weighted by Gasteiger charge is 2.32. The minimum Gasteiger partial charge on any atom is -0.479 e. The second-order valence-corrected chi connectivity index (χ2v) is 6.17. The molecule has 1 aliphatic rings. The SMILES string of the molecule is COC(=O)c1cccc(NC(=O)CN2C(=O)[C@@H](C)Oc3ccccc32)c1C. The first-order valence-electron chi connectivity index (χ1n) is 8.47. The second-order valence-electron chi connectivity index (χ2n) is 6.17. The van der Waals surface area contributed by atoms with E-state index in [1.807, 2.05) is 0 Å². The van der Waals surface area contributed by atoms with E-state index in [1.165, 1.54) is 12.0 Å². The van der Waals surface area contributed by atoms with Gasteiger partial charge < -0.3 is 14.8 Å². The number of carbonyl (C=O) groups excluding carboxylic acids is 3. The monoisotopic (exact) mass is 368 g/mol. The van der Waals surface area contributed by atoms with Gasteiger partial charge in [0.2, 0.25) is 5.91 Å². The molecule has 0 radical (unpaired) electrons. The zero-order valence-corrected chi connectivity index (χ0v) is 15.3. The van der Waals surface area contributed by atoms with E-state index >= 15 is 0 Å². The van der Waals surface area contributed by atoms with Gasteiger partial charge in [0.1, 0.15) is 12.3 Å². The smallest absolute Gasteiger partial charge is 0.338 e. The standard InChI is InChI=1S/C20H20N2O5/c1-12-14(20(25)26-3)7-6-8-15(12)21-18(23)11-22-16-9-4-5-10-17(16)27-13(2)19(22)24/h4-10,13H,11H2,1-3H3,(H,21,23)/t13-/m1/s1. The first kappa shape index (κ1) is 18.4. The molecule has 2 aromatic rings. The van der Waals surface area contributed by atoms with Crippen LogP contribution in [0.15, 0.2) is 42.5 Å². The van der Waals surface area contributed by atoms with Gasteiger partial charge in [-0.15, -0.1) is 0 Å². The number of nitrogens with zero attached hydrogens (tertiary/aromatic N) is 1. The van der Waals surface area contributed by atoms with Crippen LogP contribution in [0, 0.1) is 6.92 Å². The second kappa shape index (κ2) is 7.49. The summed E-state index contributed by atoms with van der Waals surface area (Å²) in [5.74, 6) is -0.586. The van der Waals surface area contributed by atoms with Crippen molar-refractivity contribution in [2.45, 2.75) is 20.0 Å². The Bertz CT molecular complexity index is 909. The van der Waals surface area contributed by atoms with Gasteiger partial charge in [-0.25, -0.2) is 4.79 Å². The third kappa shape index (κ3) is 3.62. The molecule has 0 spiro atoms. The molecule has 7 heteroatoms. The Morgan fingerprint density at radius 2 is 1.93 bits per heavy atom. The first-order chi connectivity index (χ1) is 12.9. The first-order valence-corrected chi connectivity index (χ1v) is 8.47. The van der Waals surface area contributed by atoms with Gasteiger partial charge in [0.05, 0.1) is 18.4 Å².